The number of nitrogens with one attached hydrogen (secondary N) is 1. The molecule has 0 aliphatic carbocycles. The number of carbonyl (C=O) groups is 1. The Hall–Kier alpha value is -3.42. The summed E-state index contributed by atoms with van der Waals surface area (Å²) >= 11 is 0. The molecule has 3 heterocycles. The second-order valence-electron chi connectivity index (χ2n) is 6.28. The minimum atomic E-state index is -4.53. The van der Waals surface area contributed by atoms with Crippen molar-refractivity contribution in [3.8, 4) is 11.1 Å². The summed E-state index contributed by atoms with van der Waals surface area (Å²) in [7, 11) is 0. The van der Waals surface area contributed by atoms with Gasteiger partial charge >= 0.3 is 6.18 Å². The van der Waals surface area contributed by atoms with Crippen molar-refractivity contribution in [2.75, 3.05) is 5.32 Å². The van der Waals surface area contributed by atoms with Crippen molar-refractivity contribution in [3.63, 3.8) is 0 Å². The molecule has 1 amide bonds. The SMILES string of the molecule is C=C1Cc2oc1c(C(=O)Nc1cccc(C(F)(F)F)c1)c2-c1ccnc(F)c1. The first-order valence-electron chi connectivity index (χ1n) is 8.18. The molecule has 0 spiro atoms. The van der Waals surface area contributed by atoms with Crippen LogP contribution in [0.1, 0.15) is 27.4 Å². The standard InChI is InChI=1S/C20H12F4N2O2/c1-10-7-14-16(11-5-6-25-15(21)8-11)17(18(10)28-14)19(27)26-13-4-2-3-12(9-13)20(22,23)24/h2-6,8-9H,1,7H2,(H,26,27). The number of halogens is 4. The Labute approximate surface area is 156 Å². The number of hydrogen-bond acceptors (Lipinski definition) is 3. The van der Waals surface area contributed by atoms with E-state index < -0.39 is 23.6 Å². The first-order chi connectivity index (χ1) is 13.2. The number of fused-ring (bicyclic) bond motifs is 2. The third kappa shape index (κ3) is 3.06. The van der Waals surface area contributed by atoms with E-state index in [0.717, 1.165) is 18.2 Å². The second kappa shape index (κ2) is 6.33. The van der Waals surface area contributed by atoms with Gasteiger partial charge in [0.15, 0.2) is 0 Å². The maximum Gasteiger partial charge on any atom is 0.416 e. The Kier molecular flexibility index (Phi) is 4.06. The largest absolute Gasteiger partial charge is 0.460 e. The lowest BCUT2D eigenvalue weighted by molar-refractivity contribution is -0.137. The van der Waals surface area contributed by atoms with Gasteiger partial charge in [0, 0.05) is 29.9 Å². The highest BCUT2D eigenvalue weighted by atomic mass is 19.4. The predicted octanol–water partition coefficient (Wildman–Crippen LogP) is 5.32. The Morgan fingerprint density at radius 1 is 1.21 bits per heavy atom. The van der Waals surface area contributed by atoms with Gasteiger partial charge in [0.05, 0.1) is 11.1 Å². The first-order valence-corrected chi connectivity index (χ1v) is 8.18. The van der Waals surface area contributed by atoms with Gasteiger partial charge in [-0.15, -0.1) is 0 Å². The van der Waals surface area contributed by atoms with Crippen LogP contribution >= 0.6 is 0 Å². The number of hydrogen-bond donors (Lipinski definition) is 1. The van der Waals surface area contributed by atoms with E-state index in [2.05, 4.69) is 16.9 Å². The summed E-state index contributed by atoms with van der Waals surface area (Å²) in [6.45, 7) is 3.84. The lowest BCUT2D eigenvalue weighted by Crippen LogP contribution is -2.16. The molecular formula is C20H12F4N2O2. The molecule has 0 fully saturated rings. The lowest BCUT2D eigenvalue weighted by Gasteiger charge is -2.13. The van der Waals surface area contributed by atoms with Crippen LogP contribution in [0.25, 0.3) is 16.7 Å². The van der Waals surface area contributed by atoms with Gasteiger partial charge in [-0.1, -0.05) is 12.6 Å². The van der Waals surface area contributed by atoms with Crippen molar-refractivity contribution in [1.82, 2.24) is 4.98 Å². The third-order valence-corrected chi connectivity index (χ3v) is 4.37. The summed E-state index contributed by atoms with van der Waals surface area (Å²) in [4.78, 5) is 16.4. The van der Waals surface area contributed by atoms with Crippen molar-refractivity contribution in [3.05, 3.63) is 77.8 Å². The summed E-state index contributed by atoms with van der Waals surface area (Å²) in [6, 6.07) is 6.98. The maximum atomic E-state index is 13.6. The molecule has 1 aliphatic rings. The fourth-order valence-electron chi connectivity index (χ4n) is 3.17. The molecule has 0 saturated carbocycles. The molecule has 2 bridgehead atoms. The van der Waals surface area contributed by atoms with Crippen molar-refractivity contribution >= 4 is 17.2 Å². The second-order valence-corrected chi connectivity index (χ2v) is 6.28. The normalized spacial score (nSPS) is 13.1. The molecule has 0 atom stereocenters. The molecule has 0 radical (unpaired) electrons. The summed E-state index contributed by atoms with van der Waals surface area (Å²) in [6.07, 6.45) is -2.91. The zero-order valence-corrected chi connectivity index (χ0v) is 14.2. The van der Waals surface area contributed by atoms with Crippen LogP contribution in [0, 0.1) is 5.95 Å². The van der Waals surface area contributed by atoms with Crippen LogP contribution in [0.4, 0.5) is 23.2 Å². The maximum absolute atomic E-state index is 13.6. The predicted molar refractivity (Wildman–Crippen MR) is 94.0 cm³/mol. The summed E-state index contributed by atoms with van der Waals surface area (Å²) in [5, 5.41) is 2.45. The molecular weight excluding hydrogens is 376 g/mol. The molecule has 1 aromatic carbocycles. The number of anilines is 1. The highest BCUT2D eigenvalue weighted by Crippen LogP contribution is 2.43. The van der Waals surface area contributed by atoms with Gasteiger partial charge in [-0.2, -0.15) is 17.6 Å². The van der Waals surface area contributed by atoms with Gasteiger partial charge < -0.3 is 9.73 Å². The first kappa shape index (κ1) is 18.0. The average molecular weight is 388 g/mol. The van der Waals surface area contributed by atoms with Gasteiger partial charge in [-0.25, -0.2) is 4.98 Å². The highest BCUT2D eigenvalue weighted by molar-refractivity contribution is 6.13. The van der Waals surface area contributed by atoms with E-state index >= 15 is 0 Å². The van der Waals surface area contributed by atoms with Crippen molar-refractivity contribution in [1.29, 1.82) is 0 Å². The van der Waals surface area contributed by atoms with Gasteiger partial charge in [0.25, 0.3) is 5.91 Å². The van der Waals surface area contributed by atoms with Gasteiger partial charge in [0.2, 0.25) is 5.95 Å². The molecule has 0 unspecified atom stereocenters. The number of pyridine rings is 1. The van der Waals surface area contributed by atoms with E-state index in [-0.39, 0.29) is 17.0 Å². The number of amides is 1. The number of rotatable bonds is 3. The van der Waals surface area contributed by atoms with Crippen molar-refractivity contribution < 1.29 is 26.8 Å². The third-order valence-electron chi connectivity index (χ3n) is 4.37. The summed E-state index contributed by atoms with van der Waals surface area (Å²) < 4.78 is 57.9. The minimum Gasteiger partial charge on any atom is -0.460 e. The molecule has 8 heteroatoms. The zero-order chi connectivity index (χ0) is 20.1. The number of furan rings is 1. The number of carbonyl (C=O) groups excluding carboxylic acids is 1. The Morgan fingerprint density at radius 2 is 2.00 bits per heavy atom. The quantitative estimate of drug-likeness (QED) is 0.488. The lowest BCUT2D eigenvalue weighted by atomic mass is 9.91. The van der Waals surface area contributed by atoms with Crippen LogP contribution in [0.2, 0.25) is 0 Å². The zero-order valence-electron chi connectivity index (χ0n) is 14.2. The van der Waals surface area contributed by atoms with E-state index in [9.17, 15) is 22.4 Å². The van der Waals surface area contributed by atoms with Gasteiger partial charge in [-0.3, -0.25) is 4.79 Å². The molecule has 28 heavy (non-hydrogen) atoms. The Balaban J connectivity index is 1.74. The van der Waals surface area contributed by atoms with Crippen LogP contribution in [0.5, 0.6) is 0 Å². The molecule has 1 aliphatic heterocycles. The summed E-state index contributed by atoms with van der Waals surface area (Å²) in [5.41, 5.74) is 0.544. The van der Waals surface area contributed by atoms with Crippen molar-refractivity contribution in [2.45, 2.75) is 12.6 Å². The monoisotopic (exact) mass is 388 g/mol. The fraction of sp³-hybridized carbons (Fsp3) is 0.100. The van der Waals surface area contributed by atoms with E-state index in [1.54, 1.807) is 0 Å². The topological polar surface area (TPSA) is 55.1 Å². The van der Waals surface area contributed by atoms with Crippen LogP contribution in [-0.2, 0) is 12.6 Å². The Morgan fingerprint density at radius 3 is 2.71 bits per heavy atom. The molecule has 4 nitrogen and oxygen atoms in total. The van der Waals surface area contributed by atoms with E-state index in [1.807, 2.05) is 0 Å². The molecule has 4 rings (SSSR count). The van der Waals surface area contributed by atoms with Crippen LogP contribution in [-0.4, -0.2) is 10.9 Å². The van der Waals surface area contributed by atoms with Gasteiger partial charge in [-0.05, 0) is 35.4 Å². The Bertz CT molecular complexity index is 1120. The fourth-order valence-corrected chi connectivity index (χ4v) is 3.17. The number of benzene rings is 1. The van der Waals surface area contributed by atoms with E-state index in [1.165, 1.54) is 24.4 Å². The summed E-state index contributed by atoms with van der Waals surface area (Å²) in [5.74, 6) is -0.710. The minimum absolute atomic E-state index is 0.0217. The van der Waals surface area contributed by atoms with E-state index in [4.69, 9.17) is 4.42 Å². The van der Waals surface area contributed by atoms with Gasteiger partial charge in [0.1, 0.15) is 11.5 Å². The van der Waals surface area contributed by atoms with Crippen LogP contribution in [0.15, 0.2) is 53.6 Å². The molecule has 1 N–H and O–H groups in total. The highest BCUT2D eigenvalue weighted by Gasteiger charge is 2.34. The smallest absolute Gasteiger partial charge is 0.416 e. The van der Waals surface area contributed by atoms with Crippen LogP contribution < -0.4 is 5.32 Å². The molecule has 2 aromatic heterocycles. The van der Waals surface area contributed by atoms with Crippen LogP contribution in [0.3, 0.4) is 0 Å². The van der Waals surface area contributed by atoms with Crippen molar-refractivity contribution in [2.24, 2.45) is 0 Å². The molecule has 142 valence electrons. The number of allylic oxidation sites excluding steroid dienone is 1. The molecule has 0 saturated heterocycles. The number of aromatic nitrogens is 1. The molecule has 3 aromatic rings. The average Bonchev–Trinajstić information content (AvgIpc) is 3.18. The number of alkyl halides is 3. The number of nitrogens with zero attached hydrogens (tertiary/aromatic N) is 1. The van der Waals surface area contributed by atoms with E-state index in [0.29, 0.717) is 28.9 Å².